The molecule has 0 unspecified atom stereocenters. The van der Waals surface area contributed by atoms with Gasteiger partial charge < -0.3 is 9.47 Å². The maximum absolute atomic E-state index is 13.6. The second-order valence-electron chi connectivity index (χ2n) is 7.61. The number of fused-ring (bicyclic) bond motifs is 1. The fraction of sp³-hybridized carbons (Fsp3) is 0.647. The van der Waals surface area contributed by atoms with E-state index in [9.17, 15) is 12.8 Å². The van der Waals surface area contributed by atoms with Crippen molar-refractivity contribution in [3.63, 3.8) is 0 Å². The summed E-state index contributed by atoms with van der Waals surface area (Å²) >= 11 is 0. The molecule has 0 aromatic heterocycles. The Kier molecular flexibility index (Phi) is 4.17. The zero-order chi connectivity index (χ0) is 17.8. The predicted octanol–water partition coefficient (Wildman–Crippen LogP) is 2.52. The van der Waals surface area contributed by atoms with E-state index >= 15 is 0 Å². The van der Waals surface area contributed by atoms with Crippen molar-refractivity contribution >= 4 is 10.0 Å². The molecular weight excluding hydrogens is 333 g/mol. The number of hydrogen-bond acceptors (Lipinski definition) is 4. The first-order valence-electron chi connectivity index (χ1n) is 7.99. The second-order valence-corrected chi connectivity index (χ2v) is 9.51. The van der Waals surface area contributed by atoms with Gasteiger partial charge in [-0.1, -0.05) is 13.8 Å². The predicted molar refractivity (Wildman–Crippen MR) is 87.9 cm³/mol. The number of sulfonamides is 1. The van der Waals surface area contributed by atoms with Crippen molar-refractivity contribution in [2.24, 2.45) is 16.7 Å². The van der Waals surface area contributed by atoms with Gasteiger partial charge in [-0.2, -0.15) is 4.31 Å². The summed E-state index contributed by atoms with van der Waals surface area (Å²) in [5, 5.41) is 0. The molecule has 1 aromatic rings. The van der Waals surface area contributed by atoms with Crippen LogP contribution in [0.4, 0.5) is 4.39 Å². The van der Waals surface area contributed by atoms with E-state index in [0.29, 0.717) is 19.7 Å². The van der Waals surface area contributed by atoms with Crippen LogP contribution in [0.25, 0.3) is 0 Å². The monoisotopic (exact) mass is 357 g/mol. The highest BCUT2D eigenvalue weighted by molar-refractivity contribution is 7.89. The standard InChI is InChI=1S/C17H24FNO4S/c1-16(2)9-17(11-22-3)10-19(8-15(16)17)24(20,21)14-7-12(18)5-6-13(14)23-4/h5-7,15H,8-11H2,1-4H3/t15-,17-/m1/s1. The molecule has 2 aliphatic rings. The molecule has 1 saturated carbocycles. The van der Waals surface area contributed by atoms with Crippen molar-refractivity contribution < 1.29 is 22.3 Å². The molecule has 0 bridgehead atoms. The van der Waals surface area contributed by atoms with Crippen LogP contribution >= 0.6 is 0 Å². The molecule has 7 heteroatoms. The molecule has 134 valence electrons. The third kappa shape index (κ3) is 2.53. The molecule has 1 aliphatic heterocycles. The van der Waals surface area contributed by atoms with E-state index in [1.54, 1.807) is 7.11 Å². The number of hydrogen-bond donors (Lipinski definition) is 0. The molecule has 1 saturated heterocycles. The number of ether oxygens (including phenoxy) is 2. The lowest BCUT2D eigenvalue weighted by atomic mass is 9.48. The molecule has 2 atom stereocenters. The molecule has 1 heterocycles. The minimum atomic E-state index is -3.82. The zero-order valence-electron chi connectivity index (χ0n) is 14.5. The molecule has 24 heavy (non-hydrogen) atoms. The fourth-order valence-electron chi connectivity index (χ4n) is 4.74. The lowest BCUT2D eigenvalue weighted by molar-refractivity contribution is -0.106. The number of rotatable bonds is 5. The third-order valence-electron chi connectivity index (χ3n) is 5.54. The Hall–Kier alpha value is -1.18. The summed E-state index contributed by atoms with van der Waals surface area (Å²) in [4.78, 5) is -0.114. The van der Waals surface area contributed by atoms with Crippen LogP contribution in [0.1, 0.15) is 20.3 Å². The van der Waals surface area contributed by atoms with E-state index < -0.39 is 15.8 Å². The zero-order valence-corrected chi connectivity index (χ0v) is 15.3. The minimum Gasteiger partial charge on any atom is -0.495 e. The van der Waals surface area contributed by atoms with Gasteiger partial charge in [0.15, 0.2) is 0 Å². The number of halogens is 1. The quantitative estimate of drug-likeness (QED) is 0.813. The first-order chi connectivity index (χ1) is 11.2. The second kappa shape index (κ2) is 5.68. The lowest BCUT2D eigenvalue weighted by Gasteiger charge is -2.56. The summed E-state index contributed by atoms with van der Waals surface area (Å²) in [5.41, 5.74) is -0.0687. The maximum Gasteiger partial charge on any atom is 0.246 e. The summed E-state index contributed by atoms with van der Waals surface area (Å²) < 4.78 is 51.8. The molecule has 0 spiro atoms. The van der Waals surface area contributed by atoms with Gasteiger partial charge in [-0.25, -0.2) is 12.8 Å². The third-order valence-corrected chi connectivity index (χ3v) is 7.38. The van der Waals surface area contributed by atoms with Gasteiger partial charge >= 0.3 is 0 Å². The van der Waals surface area contributed by atoms with E-state index in [1.165, 1.54) is 23.5 Å². The van der Waals surface area contributed by atoms with Gasteiger partial charge in [0, 0.05) is 25.6 Å². The highest BCUT2D eigenvalue weighted by Gasteiger charge is 2.64. The van der Waals surface area contributed by atoms with Crippen molar-refractivity contribution in [2.45, 2.75) is 25.2 Å². The van der Waals surface area contributed by atoms with Gasteiger partial charge in [-0.15, -0.1) is 0 Å². The summed E-state index contributed by atoms with van der Waals surface area (Å²) in [6, 6.07) is 3.57. The van der Waals surface area contributed by atoms with Crippen molar-refractivity contribution in [3.05, 3.63) is 24.0 Å². The normalized spacial score (nSPS) is 29.1. The molecule has 1 aromatic carbocycles. The number of methoxy groups -OCH3 is 2. The van der Waals surface area contributed by atoms with Crippen LogP contribution in [0.2, 0.25) is 0 Å². The van der Waals surface area contributed by atoms with Crippen LogP contribution < -0.4 is 4.74 Å². The van der Waals surface area contributed by atoms with Crippen LogP contribution in [0.15, 0.2) is 23.1 Å². The molecule has 1 aliphatic carbocycles. The SMILES string of the molecule is COC[C@@]12CN(S(=O)(=O)c3cc(F)ccc3OC)C[C@@H]1C(C)(C)C2. The van der Waals surface area contributed by atoms with E-state index in [1.807, 2.05) is 0 Å². The summed E-state index contributed by atoms with van der Waals surface area (Å²) in [6.07, 6.45) is 0.921. The summed E-state index contributed by atoms with van der Waals surface area (Å²) in [7, 11) is -0.797. The van der Waals surface area contributed by atoms with Gasteiger partial charge in [-0.3, -0.25) is 0 Å². The Bertz CT molecular complexity index is 749. The van der Waals surface area contributed by atoms with E-state index in [-0.39, 0.29) is 27.4 Å². The van der Waals surface area contributed by atoms with Crippen molar-refractivity contribution in [1.29, 1.82) is 0 Å². The molecule has 0 amide bonds. The van der Waals surface area contributed by atoms with E-state index in [0.717, 1.165) is 12.5 Å². The van der Waals surface area contributed by atoms with Gasteiger partial charge in [0.05, 0.1) is 13.7 Å². The van der Waals surface area contributed by atoms with Crippen molar-refractivity contribution in [2.75, 3.05) is 33.9 Å². The summed E-state index contributed by atoms with van der Waals surface area (Å²) in [6.45, 7) is 5.68. The van der Waals surface area contributed by atoms with Crippen LogP contribution in [-0.4, -0.2) is 46.6 Å². The van der Waals surface area contributed by atoms with Gasteiger partial charge in [-0.05, 0) is 36.0 Å². The molecular formula is C17H24FNO4S. The first kappa shape index (κ1) is 17.6. The number of benzene rings is 1. The average molecular weight is 357 g/mol. The minimum absolute atomic E-state index is 0.0782. The highest BCUT2D eigenvalue weighted by Crippen LogP contribution is 2.63. The van der Waals surface area contributed by atoms with Crippen LogP contribution in [0.3, 0.4) is 0 Å². The Morgan fingerprint density at radius 2 is 2.04 bits per heavy atom. The topological polar surface area (TPSA) is 55.8 Å². The van der Waals surface area contributed by atoms with Crippen LogP contribution in [0, 0.1) is 22.6 Å². The maximum atomic E-state index is 13.6. The van der Waals surface area contributed by atoms with Gasteiger partial charge in [0.1, 0.15) is 16.5 Å². The van der Waals surface area contributed by atoms with Gasteiger partial charge in [0.2, 0.25) is 10.0 Å². The van der Waals surface area contributed by atoms with Crippen LogP contribution in [0.5, 0.6) is 5.75 Å². The first-order valence-corrected chi connectivity index (χ1v) is 9.43. The smallest absolute Gasteiger partial charge is 0.246 e. The Labute approximate surface area is 142 Å². The van der Waals surface area contributed by atoms with Crippen molar-refractivity contribution in [3.8, 4) is 5.75 Å². The highest BCUT2D eigenvalue weighted by atomic mass is 32.2. The van der Waals surface area contributed by atoms with E-state index in [4.69, 9.17) is 9.47 Å². The molecule has 3 rings (SSSR count). The molecule has 2 fully saturated rings. The number of nitrogens with zero attached hydrogens (tertiary/aromatic N) is 1. The lowest BCUT2D eigenvalue weighted by Crippen LogP contribution is -2.55. The largest absolute Gasteiger partial charge is 0.495 e. The molecule has 0 radical (unpaired) electrons. The van der Waals surface area contributed by atoms with Gasteiger partial charge in [0.25, 0.3) is 0 Å². The van der Waals surface area contributed by atoms with Crippen molar-refractivity contribution in [1.82, 2.24) is 4.31 Å². The Morgan fingerprint density at radius 3 is 2.62 bits per heavy atom. The molecule has 0 N–H and O–H groups in total. The van der Waals surface area contributed by atoms with E-state index in [2.05, 4.69) is 13.8 Å². The Morgan fingerprint density at radius 1 is 1.33 bits per heavy atom. The molecule has 5 nitrogen and oxygen atoms in total. The summed E-state index contributed by atoms with van der Waals surface area (Å²) in [5.74, 6) is -0.196. The van der Waals surface area contributed by atoms with Crippen LogP contribution in [-0.2, 0) is 14.8 Å². The fourth-order valence-corrected chi connectivity index (χ4v) is 6.45. The average Bonchev–Trinajstić information content (AvgIpc) is 2.83. The Balaban J connectivity index is 1.97.